The van der Waals surface area contributed by atoms with Crippen molar-refractivity contribution in [1.29, 1.82) is 0 Å². The van der Waals surface area contributed by atoms with Crippen LogP contribution in [-0.2, 0) is 25.7 Å². The van der Waals surface area contributed by atoms with Gasteiger partial charge in [0.05, 0.1) is 6.61 Å². The predicted molar refractivity (Wildman–Crippen MR) is 108 cm³/mol. The zero-order chi connectivity index (χ0) is 22.0. The van der Waals surface area contributed by atoms with Gasteiger partial charge in [-0.05, 0) is 38.7 Å². The van der Waals surface area contributed by atoms with Gasteiger partial charge >= 0.3 is 12.1 Å². The van der Waals surface area contributed by atoms with E-state index >= 15 is 0 Å². The normalized spacial score (nSPS) is 13.3. The molecule has 8 heteroatoms. The van der Waals surface area contributed by atoms with Crippen molar-refractivity contribution in [3.05, 3.63) is 35.9 Å². The summed E-state index contributed by atoms with van der Waals surface area (Å²) in [6.07, 6.45) is -0.395. The standard InChI is InChI=1S/C21H32N2O6/c1-14(2)11-16(23-20(27)29-21(3,4)5)18(25)22-17(12-24)19(26)28-13-15-9-7-6-8-10-15/h6-10,14,16-17,24H,11-13H2,1-5H3,(H,22,25)(H,23,27)/t16-,17-/m0/s1. The maximum Gasteiger partial charge on any atom is 0.408 e. The molecule has 0 radical (unpaired) electrons. The number of aliphatic hydroxyl groups is 1. The van der Waals surface area contributed by atoms with Gasteiger partial charge in [-0.3, -0.25) is 4.79 Å². The van der Waals surface area contributed by atoms with Crippen LogP contribution in [0.2, 0.25) is 0 Å². The lowest BCUT2D eigenvalue weighted by atomic mass is 10.0. The van der Waals surface area contributed by atoms with Crippen LogP contribution >= 0.6 is 0 Å². The molecule has 1 aromatic rings. The lowest BCUT2D eigenvalue weighted by molar-refractivity contribution is -0.150. The van der Waals surface area contributed by atoms with E-state index in [0.29, 0.717) is 6.42 Å². The second kappa shape index (κ2) is 11.4. The summed E-state index contributed by atoms with van der Waals surface area (Å²) in [5.74, 6) is -1.26. The number of carbonyl (C=O) groups is 3. The molecule has 0 spiro atoms. The van der Waals surface area contributed by atoms with E-state index in [2.05, 4.69) is 10.6 Å². The largest absolute Gasteiger partial charge is 0.459 e. The van der Waals surface area contributed by atoms with E-state index < -0.39 is 42.3 Å². The Morgan fingerprint density at radius 2 is 1.66 bits per heavy atom. The van der Waals surface area contributed by atoms with Gasteiger partial charge in [-0.1, -0.05) is 44.2 Å². The number of hydrogen-bond donors (Lipinski definition) is 3. The van der Waals surface area contributed by atoms with Crippen molar-refractivity contribution >= 4 is 18.0 Å². The van der Waals surface area contributed by atoms with E-state index in [1.165, 1.54) is 0 Å². The number of aliphatic hydroxyl groups excluding tert-OH is 1. The van der Waals surface area contributed by atoms with Gasteiger partial charge in [0, 0.05) is 0 Å². The molecule has 0 saturated carbocycles. The molecule has 2 atom stereocenters. The number of benzene rings is 1. The summed E-state index contributed by atoms with van der Waals surface area (Å²) in [6.45, 7) is 8.35. The summed E-state index contributed by atoms with van der Waals surface area (Å²) in [5.41, 5.74) is 0.0748. The van der Waals surface area contributed by atoms with Gasteiger partial charge in [0.1, 0.15) is 18.2 Å². The molecule has 0 aliphatic heterocycles. The van der Waals surface area contributed by atoms with E-state index in [0.717, 1.165) is 5.56 Å². The van der Waals surface area contributed by atoms with Crippen molar-refractivity contribution < 1.29 is 29.0 Å². The average Bonchev–Trinajstić information content (AvgIpc) is 2.62. The minimum atomic E-state index is -1.23. The van der Waals surface area contributed by atoms with Crippen LogP contribution in [0.5, 0.6) is 0 Å². The highest BCUT2D eigenvalue weighted by atomic mass is 16.6. The Kier molecular flexibility index (Phi) is 9.61. The number of esters is 1. The van der Waals surface area contributed by atoms with Crippen molar-refractivity contribution in [2.24, 2.45) is 5.92 Å². The molecule has 0 aliphatic rings. The first kappa shape index (κ1) is 24.4. The van der Waals surface area contributed by atoms with Crippen LogP contribution in [0.4, 0.5) is 4.79 Å². The van der Waals surface area contributed by atoms with Gasteiger partial charge in [0.2, 0.25) is 5.91 Å². The third-order valence-electron chi connectivity index (χ3n) is 3.72. The van der Waals surface area contributed by atoms with Gasteiger partial charge in [0.25, 0.3) is 0 Å². The molecule has 29 heavy (non-hydrogen) atoms. The van der Waals surface area contributed by atoms with Crippen molar-refractivity contribution in [3.8, 4) is 0 Å². The highest BCUT2D eigenvalue weighted by Gasteiger charge is 2.29. The molecule has 8 nitrogen and oxygen atoms in total. The first-order valence-corrected chi connectivity index (χ1v) is 9.63. The Labute approximate surface area is 172 Å². The molecule has 0 heterocycles. The zero-order valence-electron chi connectivity index (χ0n) is 17.7. The number of ether oxygens (including phenoxy) is 2. The number of amides is 2. The molecular weight excluding hydrogens is 376 g/mol. The molecule has 2 amide bonds. The van der Waals surface area contributed by atoms with Crippen molar-refractivity contribution in [3.63, 3.8) is 0 Å². The van der Waals surface area contributed by atoms with Crippen LogP contribution in [0.15, 0.2) is 30.3 Å². The molecule has 0 fully saturated rings. The van der Waals surface area contributed by atoms with Crippen LogP contribution in [0.3, 0.4) is 0 Å². The molecule has 1 aromatic carbocycles. The molecule has 0 saturated heterocycles. The fourth-order valence-corrected chi connectivity index (χ4v) is 2.43. The van der Waals surface area contributed by atoms with E-state index in [9.17, 15) is 19.5 Å². The maximum absolute atomic E-state index is 12.6. The first-order valence-electron chi connectivity index (χ1n) is 9.63. The molecule has 162 valence electrons. The quantitative estimate of drug-likeness (QED) is 0.540. The third-order valence-corrected chi connectivity index (χ3v) is 3.72. The van der Waals surface area contributed by atoms with Gasteiger partial charge in [0.15, 0.2) is 6.04 Å². The van der Waals surface area contributed by atoms with Gasteiger partial charge in [-0.2, -0.15) is 0 Å². The molecule has 0 unspecified atom stereocenters. The van der Waals surface area contributed by atoms with Crippen LogP contribution in [0.1, 0.15) is 46.6 Å². The summed E-state index contributed by atoms with van der Waals surface area (Å²) >= 11 is 0. The SMILES string of the molecule is CC(C)C[C@H](NC(=O)OC(C)(C)C)C(=O)N[C@@H](CO)C(=O)OCc1ccccc1. The molecular formula is C21H32N2O6. The van der Waals surface area contributed by atoms with E-state index in [4.69, 9.17) is 9.47 Å². The fourth-order valence-electron chi connectivity index (χ4n) is 2.43. The Morgan fingerprint density at radius 1 is 1.03 bits per heavy atom. The summed E-state index contributed by atoms with van der Waals surface area (Å²) in [6, 6.07) is 6.91. The topological polar surface area (TPSA) is 114 Å². The van der Waals surface area contributed by atoms with Crippen LogP contribution in [-0.4, -0.2) is 47.4 Å². The smallest absolute Gasteiger partial charge is 0.408 e. The molecule has 0 aliphatic carbocycles. The van der Waals surface area contributed by atoms with Crippen molar-refractivity contribution in [2.75, 3.05) is 6.61 Å². The minimum absolute atomic E-state index is 0.0254. The first-order chi connectivity index (χ1) is 13.5. The Bertz CT molecular complexity index is 669. The molecule has 1 rings (SSSR count). The monoisotopic (exact) mass is 408 g/mol. The maximum atomic E-state index is 12.6. The van der Waals surface area contributed by atoms with Crippen molar-refractivity contribution in [2.45, 2.75) is 65.3 Å². The predicted octanol–water partition coefficient (Wildman–Crippen LogP) is 2.15. The fraction of sp³-hybridized carbons (Fsp3) is 0.571. The van der Waals surface area contributed by atoms with Crippen molar-refractivity contribution in [1.82, 2.24) is 10.6 Å². The summed E-state index contributed by atoms with van der Waals surface area (Å²) in [7, 11) is 0. The Hall–Kier alpha value is -2.61. The van der Waals surface area contributed by atoms with Crippen LogP contribution < -0.4 is 10.6 Å². The average molecular weight is 408 g/mol. The lowest BCUT2D eigenvalue weighted by Crippen LogP contribution is -2.54. The molecule has 3 N–H and O–H groups in total. The number of alkyl carbamates (subject to hydrolysis) is 1. The van der Waals surface area contributed by atoms with Gasteiger partial charge in [-0.15, -0.1) is 0 Å². The Morgan fingerprint density at radius 3 is 2.17 bits per heavy atom. The van der Waals surface area contributed by atoms with Crippen LogP contribution in [0, 0.1) is 5.92 Å². The minimum Gasteiger partial charge on any atom is -0.459 e. The zero-order valence-corrected chi connectivity index (χ0v) is 17.7. The summed E-state index contributed by atoms with van der Waals surface area (Å²) in [4.78, 5) is 36.9. The van der Waals surface area contributed by atoms with Crippen LogP contribution in [0.25, 0.3) is 0 Å². The second-order valence-corrected chi connectivity index (χ2v) is 8.17. The second-order valence-electron chi connectivity index (χ2n) is 8.17. The van der Waals surface area contributed by atoms with E-state index in [1.54, 1.807) is 32.9 Å². The highest BCUT2D eigenvalue weighted by molar-refractivity contribution is 5.89. The van der Waals surface area contributed by atoms with Gasteiger partial charge in [-0.25, -0.2) is 9.59 Å². The molecule has 0 bridgehead atoms. The molecule has 0 aromatic heterocycles. The number of nitrogens with one attached hydrogen (secondary N) is 2. The Balaban J connectivity index is 2.70. The highest BCUT2D eigenvalue weighted by Crippen LogP contribution is 2.10. The summed E-state index contributed by atoms with van der Waals surface area (Å²) < 4.78 is 10.4. The summed E-state index contributed by atoms with van der Waals surface area (Å²) in [5, 5.41) is 14.5. The van der Waals surface area contributed by atoms with E-state index in [-0.39, 0.29) is 12.5 Å². The third kappa shape index (κ3) is 9.94. The lowest BCUT2D eigenvalue weighted by Gasteiger charge is -2.25. The number of hydrogen-bond acceptors (Lipinski definition) is 6. The van der Waals surface area contributed by atoms with E-state index in [1.807, 2.05) is 32.0 Å². The van der Waals surface area contributed by atoms with Gasteiger partial charge < -0.3 is 25.2 Å². The number of rotatable bonds is 9. The number of carbonyl (C=O) groups excluding carboxylic acids is 3.